The predicted octanol–water partition coefficient (Wildman–Crippen LogP) is 2.74. The van der Waals surface area contributed by atoms with Crippen molar-refractivity contribution in [2.24, 2.45) is 0 Å². The molecule has 1 aromatic heterocycles. The van der Waals surface area contributed by atoms with Crippen LogP contribution in [0.25, 0.3) is 0 Å². The lowest BCUT2D eigenvalue weighted by atomic mass is 10.1. The molecule has 0 aliphatic carbocycles. The number of anilines is 1. The van der Waals surface area contributed by atoms with Gasteiger partial charge in [-0.3, -0.25) is 14.5 Å². The van der Waals surface area contributed by atoms with Crippen LogP contribution in [0.5, 0.6) is 0 Å². The predicted molar refractivity (Wildman–Crippen MR) is 109 cm³/mol. The zero-order valence-electron chi connectivity index (χ0n) is 15.0. The second kappa shape index (κ2) is 10.1. The van der Waals surface area contributed by atoms with E-state index in [-0.39, 0.29) is 13.0 Å². The monoisotopic (exact) mass is 406 g/mol. The standard InChI is InChI=1S/C19H22N2O4S2/c1-3-14-6-5-7-16(10-14)21(19(23)4-2)12-17(22)20-18(27(24)25)11-15-8-9-26-13-15/h4-10,13,18H,2-3,11-12H2,1H3,(H,20,22)(H,24,25)/t18-/m1/s1. The van der Waals surface area contributed by atoms with E-state index in [9.17, 15) is 18.4 Å². The van der Waals surface area contributed by atoms with E-state index in [1.54, 1.807) is 6.07 Å². The molecule has 0 aliphatic heterocycles. The molecule has 2 atom stereocenters. The highest BCUT2D eigenvalue weighted by Crippen LogP contribution is 2.17. The summed E-state index contributed by atoms with van der Waals surface area (Å²) in [5.74, 6) is -0.937. The Kier molecular flexibility index (Phi) is 7.90. The van der Waals surface area contributed by atoms with E-state index in [0.717, 1.165) is 23.6 Å². The van der Waals surface area contributed by atoms with Gasteiger partial charge in [-0.25, -0.2) is 4.21 Å². The number of benzene rings is 1. The van der Waals surface area contributed by atoms with Crippen molar-refractivity contribution >= 4 is 39.9 Å². The Morgan fingerprint density at radius 1 is 1.37 bits per heavy atom. The average molecular weight is 407 g/mol. The minimum absolute atomic E-state index is 0.235. The zero-order chi connectivity index (χ0) is 19.8. The molecule has 0 radical (unpaired) electrons. The fraction of sp³-hybridized carbons (Fsp3) is 0.263. The highest BCUT2D eigenvalue weighted by molar-refractivity contribution is 7.79. The molecule has 27 heavy (non-hydrogen) atoms. The van der Waals surface area contributed by atoms with Crippen molar-refractivity contribution in [3.05, 3.63) is 64.9 Å². The first kappa shape index (κ1) is 21.0. The van der Waals surface area contributed by atoms with Crippen LogP contribution in [-0.4, -0.2) is 32.5 Å². The molecule has 1 aromatic carbocycles. The lowest BCUT2D eigenvalue weighted by Crippen LogP contribution is -2.46. The smallest absolute Gasteiger partial charge is 0.250 e. The quantitative estimate of drug-likeness (QED) is 0.495. The molecule has 6 nitrogen and oxygen atoms in total. The summed E-state index contributed by atoms with van der Waals surface area (Å²) < 4.78 is 21.1. The number of thiophene rings is 1. The molecular formula is C19H22N2O4S2. The van der Waals surface area contributed by atoms with Gasteiger partial charge in [0.2, 0.25) is 5.91 Å². The number of hydrogen-bond donors (Lipinski definition) is 2. The third kappa shape index (κ3) is 6.13. The molecule has 8 heteroatoms. The SMILES string of the molecule is C=CC(=O)N(CC(=O)N[C@@H](Cc1ccsc1)S(=O)O)c1cccc(CC)c1. The van der Waals surface area contributed by atoms with Gasteiger partial charge in [-0.1, -0.05) is 25.6 Å². The van der Waals surface area contributed by atoms with Crippen molar-refractivity contribution in [3.63, 3.8) is 0 Å². The fourth-order valence-electron chi connectivity index (χ4n) is 2.52. The lowest BCUT2D eigenvalue weighted by molar-refractivity contribution is -0.122. The molecule has 2 N–H and O–H groups in total. The van der Waals surface area contributed by atoms with E-state index in [1.165, 1.54) is 16.2 Å². The third-order valence-electron chi connectivity index (χ3n) is 3.94. The average Bonchev–Trinajstić information content (AvgIpc) is 3.18. The maximum atomic E-state index is 12.5. The van der Waals surface area contributed by atoms with Crippen LogP contribution in [0.4, 0.5) is 5.69 Å². The van der Waals surface area contributed by atoms with Gasteiger partial charge in [-0.2, -0.15) is 11.3 Å². The van der Waals surface area contributed by atoms with E-state index in [0.29, 0.717) is 5.69 Å². The Bertz CT molecular complexity index is 821. The summed E-state index contributed by atoms with van der Waals surface area (Å²) in [5, 5.41) is 5.32. The molecule has 0 saturated heterocycles. The van der Waals surface area contributed by atoms with E-state index in [1.807, 2.05) is 41.9 Å². The van der Waals surface area contributed by atoms with Crippen LogP contribution in [0.2, 0.25) is 0 Å². The first-order chi connectivity index (χ1) is 12.9. The van der Waals surface area contributed by atoms with Crippen LogP contribution in [0.3, 0.4) is 0 Å². The van der Waals surface area contributed by atoms with Gasteiger partial charge < -0.3 is 9.87 Å². The van der Waals surface area contributed by atoms with Gasteiger partial charge in [0.05, 0.1) is 0 Å². The number of aryl methyl sites for hydroxylation is 1. The number of rotatable bonds is 9. The lowest BCUT2D eigenvalue weighted by Gasteiger charge is -2.23. The molecule has 144 valence electrons. The van der Waals surface area contributed by atoms with Crippen molar-refractivity contribution in [2.75, 3.05) is 11.4 Å². The van der Waals surface area contributed by atoms with Gasteiger partial charge in [0, 0.05) is 12.1 Å². The Morgan fingerprint density at radius 2 is 2.15 bits per heavy atom. The van der Waals surface area contributed by atoms with E-state index < -0.39 is 28.3 Å². The second-order valence-corrected chi connectivity index (χ2v) is 7.72. The summed E-state index contributed by atoms with van der Waals surface area (Å²) in [4.78, 5) is 26.0. The Balaban J connectivity index is 2.13. The minimum atomic E-state index is -2.24. The number of amides is 2. The number of hydrogen-bond acceptors (Lipinski definition) is 4. The van der Waals surface area contributed by atoms with Crippen molar-refractivity contribution in [2.45, 2.75) is 25.1 Å². The molecule has 0 bridgehead atoms. The molecule has 0 spiro atoms. The summed E-state index contributed by atoms with van der Waals surface area (Å²) in [6, 6.07) is 9.16. The van der Waals surface area contributed by atoms with Crippen molar-refractivity contribution in [1.29, 1.82) is 0 Å². The highest BCUT2D eigenvalue weighted by Gasteiger charge is 2.22. The zero-order valence-corrected chi connectivity index (χ0v) is 16.6. The number of carbonyl (C=O) groups excluding carboxylic acids is 2. The highest BCUT2D eigenvalue weighted by atomic mass is 32.2. The summed E-state index contributed by atoms with van der Waals surface area (Å²) in [5.41, 5.74) is 2.47. The fourth-order valence-corrected chi connectivity index (χ4v) is 3.76. The van der Waals surface area contributed by atoms with Gasteiger partial charge in [-0.05, 0) is 52.6 Å². The number of nitrogens with one attached hydrogen (secondary N) is 1. The molecule has 2 rings (SSSR count). The van der Waals surface area contributed by atoms with Gasteiger partial charge in [-0.15, -0.1) is 0 Å². The molecule has 2 aromatic rings. The van der Waals surface area contributed by atoms with Crippen LogP contribution in [0.1, 0.15) is 18.1 Å². The topological polar surface area (TPSA) is 86.7 Å². The summed E-state index contributed by atoms with van der Waals surface area (Å²) in [7, 11) is 0. The van der Waals surface area contributed by atoms with Crippen LogP contribution in [0, 0.1) is 0 Å². The second-order valence-electron chi connectivity index (χ2n) is 5.82. The van der Waals surface area contributed by atoms with E-state index in [4.69, 9.17) is 0 Å². The Hall–Kier alpha value is -2.29. The van der Waals surface area contributed by atoms with E-state index >= 15 is 0 Å². The molecule has 0 fully saturated rings. The molecule has 1 unspecified atom stereocenters. The molecule has 2 amide bonds. The van der Waals surface area contributed by atoms with Crippen molar-refractivity contribution in [3.8, 4) is 0 Å². The molecular weight excluding hydrogens is 384 g/mol. The van der Waals surface area contributed by atoms with Crippen LogP contribution in [-0.2, 0) is 33.5 Å². The molecule has 1 heterocycles. The number of nitrogens with zero attached hydrogens (tertiary/aromatic N) is 1. The van der Waals surface area contributed by atoms with Gasteiger partial charge in [0.1, 0.15) is 11.9 Å². The minimum Gasteiger partial charge on any atom is -0.338 e. The van der Waals surface area contributed by atoms with E-state index in [2.05, 4.69) is 11.9 Å². The molecule has 0 saturated carbocycles. The third-order valence-corrected chi connectivity index (χ3v) is 5.44. The van der Waals surface area contributed by atoms with Crippen LogP contribution in [0.15, 0.2) is 53.7 Å². The van der Waals surface area contributed by atoms with Gasteiger partial charge in [0.15, 0.2) is 11.1 Å². The number of carbonyl (C=O) groups is 2. The van der Waals surface area contributed by atoms with Gasteiger partial charge >= 0.3 is 0 Å². The van der Waals surface area contributed by atoms with Crippen molar-refractivity contribution in [1.82, 2.24) is 5.32 Å². The van der Waals surface area contributed by atoms with Crippen LogP contribution < -0.4 is 10.2 Å². The normalized spacial score (nSPS) is 12.8. The summed E-state index contributed by atoms with van der Waals surface area (Å²) in [6.07, 6.45) is 2.17. The van der Waals surface area contributed by atoms with Gasteiger partial charge in [0.25, 0.3) is 5.91 Å². The Morgan fingerprint density at radius 3 is 2.74 bits per heavy atom. The summed E-state index contributed by atoms with van der Waals surface area (Å²) in [6.45, 7) is 5.21. The maximum Gasteiger partial charge on any atom is 0.250 e. The first-order valence-electron chi connectivity index (χ1n) is 8.37. The molecule has 0 aliphatic rings. The maximum absolute atomic E-state index is 12.5. The Labute approximate surface area is 165 Å². The largest absolute Gasteiger partial charge is 0.338 e. The van der Waals surface area contributed by atoms with Crippen molar-refractivity contribution < 1.29 is 18.4 Å². The van der Waals surface area contributed by atoms with Crippen LogP contribution >= 0.6 is 11.3 Å². The first-order valence-corrected chi connectivity index (χ1v) is 10.5. The summed E-state index contributed by atoms with van der Waals surface area (Å²) >= 11 is -0.763.